The highest BCUT2D eigenvalue weighted by atomic mass is 16.5. The van der Waals surface area contributed by atoms with Crippen LogP contribution in [0, 0.1) is 0 Å². The standard InChI is InChI=1S/C27H25N3O2/c1-3-13-26-24(11-1)28-16-20-7-5-8-21(15-20)17-29-25-12-2-4-14-27(25)32-19-23-10-6-9-22(30-23)18-31-26/h1-15,28-29H,16-19H2. The lowest BCUT2D eigenvalue weighted by Crippen LogP contribution is -2.08. The molecule has 2 N–H and O–H groups in total. The van der Waals surface area contributed by atoms with Crippen molar-refractivity contribution in [1.82, 2.24) is 4.98 Å². The molecule has 4 aromatic rings. The molecule has 0 radical (unpaired) electrons. The first kappa shape index (κ1) is 19.9. The van der Waals surface area contributed by atoms with Gasteiger partial charge in [-0.3, -0.25) is 4.98 Å². The first-order valence-electron chi connectivity index (χ1n) is 10.8. The number of aromatic nitrogens is 1. The summed E-state index contributed by atoms with van der Waals surface area (Å²) in [6, 6.07) is 30.5. The van der Waals surface area contributed by atoms with Crippen LogP contribution in [0.4, 0.5) is 11.4 Å². The van der Waals surface area contributed by atoms with Gasteiger partial charge in [0.2, 0.25) is 0 Å². The van der Waals surface area contributed by atoms with Gasteiger partial charge in [0.1, 0.15) is 24.7 Å². The van der Waals surface area contributed by atoms with Crippen molar-refractivity contribution in [2.45, 2.75) is 26.3 Å². The Kier molecular flexibility index (Phi) is 5.88. The second kappa shape index (κ2) is 9.43. The Morgan fingerprint density at radius 2 is 1.06 bits per heavy atom. The maximum atomic E-state index is 6.11. The number of fused-ring (bicyclic) bond motifs is 6. The summed E-state index contributed by atoms with van der Waals surface area (Å²) in [5.74, 6) is 1.62. The molecule has 1 aliphatic rings. The Morgan fingerprint density at radius 1 is 0.562 bits per heavy atom. The molecule has 0 unspecified atom stereocenters. The highest BCUT2D eigenvalue weighted by Gasteiger charge is 2.08. The van der Waals surface area contributed by atoms with Gasteiger partial charge in [0.15, 0.2) is 0 Å². The topological polar surface area (TPSA) is 55.4 Å². The van der Waals surface area contributed by atoms with Crippen LogP contribution in [0.15, 0.2) is 91.0 Å². The molecule has 3 aromatic carbocycles. The summed E-state index contributed by atoms with van der Waals surface area (Å²) >= 11 is 0. The van der Waals surface area contributed by atoms with Crippen molar-refractivity contribution < 1.29 is 9.47 Å². The number of rotatable bonds is 0. The van der Waals surface area contributed by atoms with Gasteiger partial charge < -0.3 is 20.1 Å². The van der Waals surface area contributed by atoms with E-state index >= 15 is 0 Å². The Hall–Kier alpha value is -3.99. The van der Waals surface area contributed by atoms with Crippen molar-refractivity contribution in [3.05, 3.63) is 114 Å². The second-order valence-corrected chi connectivity index (χ2v) is 7.72. The smallest absolute Gasteiger partial charge is 0.142 e. The average molecular weight is 424 g/mol. The number of nitrogens with one attached hydrogen (secondary N) is 2. The summed E-state index contributed by atoms with van der Waals surface area (Å²) in [5.41, 5.74) is 6.07. The number of nitrogens with zero attached hydrogens (tertiary/aromatic N) is 1. The van der Waals surface area contributed by atoms with Gasteiger partial charge >= 0.3 is 0 Å². The van der Waals surface area contributed by atoms with Crippen LogP contribution in [0.1, 0.15) is 22.5 Å². The maximum absolute atomic E-state index is 6.11. The van der Waals surface area contributed by atoms with Crippen LogP contribution in [0.3, 0.4) is 0 Å². The Bertz CT molecular complexity index is 1030. The molecule has 0 atom stereocenters. The van der Waals surface area contributed by atoms with Gasteiger partial charge in [-0.05, 0) is 47.5 Å². The lowest BCUT2D eigenvalue weighted by atomic mass is 10.1. The fraction of sp³-hybridized carbons (Fsp3) is 0.148. The molecule has 0 aliphatic carbocycles. The number of hydrogen-bond donors (Lipinski definition) is 2. The summed E-state index contributed by atoms with van der Waals surface area (Å²) in [4.78, 5) is 4.71. The molecule has 0 spiro atoms. The first-order valence-corrected chi connectivity index (χ1v) is 10.8. The second-order valence-electron chi connectivity index (χ2n) is 7.72. The minimum absolute atomic E-state index is 0.389. The third kappa shape index (κ3) is 4.83. The minimum Gasteiger partial charge on any atom is -0.485 e. The number of anilines is 2. The number of para-hydroxylation sites is 4. The average Bonchev–Trinajstić information content (AvgIpc) is 2.85. The van der Waals surface area contributed by atoms with E-state index in [0.717, 1.165) is 34.3 Å². The Labute approximate surface area is 188 Å². The van der Waals surface area contributed by atoms with Gasteiger partial charge in [0.05, 0.1) is 22.8 Å². The molecule has 160 valence electrons. The fourth-order valence-electron chi connectivity index (χ4n) is 3.71. The molecule has 32 heavy (non-hydrogen) atoms. The van der Waals surface area contributed by atoms with Gasteiger partial charge in [-0.1, -0.05) is 54.6 Å². The van der Waals surface area contributed by atoms with Gasteiger partial charge in [-0.15, -0.1) is 0 Å². The predicted molar refractivity (Wildman–Crippen MR) is 127 cm³/mol. The van der Waals surface area contributed by atoms with Crippen LogP contribution < -0.4 is 20.1 Å². The third-order valence-corrected chi connectivity index (χ3v) is 5.35. The Morgan fingerprint density at radius 3 is 1.62 bits per heavy atom. The normalized spacial score (nSPS) is 13.5. The number of pyridine rings is 1. The quantitative estimate of drug-likeness (QED) is 0.376. The van der Waals surface area contributed by atoms with Gasteiger partial charge in [-0.25, -0.2) is 0 Å². The predicted octanol–water partition coefficient (Wildman–Crippen LogP) is 5.78. The van der Waals surface area contributed by atoms with E-state index in [0.29, 0.717) is 26.3 Å². The lowest BCUT2D eigenvalue weighted by molar-refractivity contribution is 0.291. The molecular weight excluding hydrogens is 398 g/mol. The monoisotopic (exact) mass is 423 g/mol. The molecule has 1 aromatic heterocycles. The fourth-order valence-corrected chi connectivity index (χ4v) is 3.71. The van der Waals surface area contributed by atoms with E-state index in [1.165, 1.54) is 11.1 Å². The van der Waals surface area contributed by atoms with Crippen LogP contribution in [0.5, 0.6) is 11.5 Å². The summed E-state index contributed by atoms with van der Waals surface area (Å²) in [6.07, 6.45) is 0. The maximum Gasteiger partial charge on any atom is 0.142 e. The molecule has 0 fully saturated rings. The third-order valence-electron chi connectivity index (χ3n) is 5.35. The molecule has 1 aliphatic heterocycles. The van der Waals surface area contributed by atoms with E-state index in [1.54, 1.807) is 0 Å². The summed E-state index contributed by atoms with van der Waals surface area (Å²) in [5, 5.41) is 7.03. The summed E-state index contributed by atoms with van der Waals surface area (Å²) in [7, 11) is 0. The number of ether oxygens (including phenoxy) is 2. The van der Waals surface area contributed by atoms with Crippen molar-refractivity contribution in [1.29, 1.82) is 0 Å². The van der Waals surface area contributed by atoms with Crippen molar-refractivity contribution in [3.8, 4) is 11.5 Å². The number of hydrogen-bond acceptors (Lipinski definition) is 5. The van der Waals surface area contributed by atoms with Crippen LogP contribution in [-0.4, -0.2) is 4.98 Å². The zero-order chi connectivity index (χ0) is 21.6. The van der Waals surface area contributed by atoms with E-state index in [9.17, 15) is 0 Å². The largest absolute Gasteiger partial charge is 0.485 e. The molecule has 0 saturated carbocycles. The molecule has 2 heterocycles. The van der Waals surface area contributed by atoms with Crippen molar-refractivity contribution >= 4 is 11.4 Å². The number of benzene rings is 3. The van der Waals surface area contributed by atoms with E-state index in [2.05, 4.69) is 34.9 Å². The molecule has 5 heteroatoms. The van der Waals surface area contributed by atoms with E-state index < -0.39 is 0 Å². The zero-order valence-electron chi connectivity index (χ0n) is 17.8. The summed E-state index contributed by atoms with van der Waals surface area (Å²) < 4.78 is 12.2. The minimum atomic E-state index is 0.389. The molecular formula is C27H25N3O2. The van der Waals surface area contributed by atoms with E-state index in [1.807, 2.05) is 66.7 Å². The molecule has 5 nitrogen and oxygen atoms in total. The first-order chi connectivity index (χ1) is 15.8. The van der Waals surface area contributed by atoms with Crippen molar-refractivity contribution in [2.75, 3.05) is 10.6 Å². The molecule has 4 bridgehead atoms. The van der Waals surface area contributed by atoms with Crippen molar-refractivity contribution in [2.24, 2.45) is 0 Å². The molecule has 0 amide bonds. The van der Waals surface area contributed by atoms with Crippen LogP contribution in [-0.2, 0) is 26.3 Å². The highest BCUT2D eigenvalue weighted by molar-refractivity contribution is 5.57. The van der Waals surface area contributed by atoms with Crippen LogP contribution >= 0.6 is 0 Å². The van der Waals surface area contributed by atoms with Gasteiger partial charge in [0.25, 0.3) is 0 Å². The molecule has 0 saturated heterocycles. The lowest BCUT2D eigenvalue weighted by Gasteiger charge is -2.16. The van der Waals surface area contributed by atoms with E-state index in [-0.39, 0.29) is 0 Å². The Balaban J connectivity index is 1.46. The van der Waals surface area contributed by atoms with E-state index in [4.69, 9.17) is 14.5 Å². The SMILES string of the molecule is c1cc2cc(c1)CNc1ccccc1OCc1cccc(n1)COc1ccccc1NC2. The van der Waals surface area contributed by atoms with Crippen LogP contribution in [0.2, 0.25) is 0 Å². The van der Waals surface area contributed by atoms with Gasteiger partial charge in [-0.2, -0.15) is 0 Å². The van der Waals surface area contributed by atoms with Crippen molar-refractivity contribution in [3.63, 3.8) is 0 Å². The summed E-state index contributed by atoms with van der Waals surface area (Å²) in [6.45, 7) is 2.20. The molecule has 5 rings (SSSR count). The highest BCUT2D eigenvalue weighted by Crippen LogP contribution is 2.27. The van der Waals surface area contributed by atoms with Crippen LogP contribution in [0.25, 0.3) is 0 Å². The zero-order valence-corrected chi connectivity index (χ0v) is 17.8. The van der Waals surface area contributed by atoms with Gasteiger partial charge in [0, 0.05) is 13.1 Å².